The van der Waals surface area contributed by atoms with Crippen LogP contribution in [-0.4, -0.2) is 17.2 Å². The molecular formula is C9H11NO2S. The van der Waals surface area contributed by atoms with Gasteiger partial charge in [-0.15, -0.1) is 0 Å². The summed E-state index contributed by atoms with van der Waals surface area (Å²) < 4.78 is 4.93. The third-order valence-corrected chi connectivity index (χ3v) is 1.77. The molecule has 0 saturated carbocycles. The molecule has 13 heavy (non-hydrogen) atoms. The number of ether oxygens (including phenoxy) is 1. The zero-order valence-electron chi connectivity index (χ0n) is 7.28. The van der Waals surface area contributed by atoms with E-state index in [2.05, 4.69) is 0 Å². The maximum atomic E-state index is 9.28. The quantitative estimate of drug-likeness (QED) is 0.716. The van der Waals surface area contributed by atoms with Crippen molar-refractivity contribution in [2.24, 2.45) is 5.73 Å². The second-order valence-electron chi connectivity index (χ2n) is 2.65. The lowest BCUT2D eigenvalue weighted by atomic mass is 10.1. The van der Waals surface area contributed by atoms with Crippen LogP contribution in [0.1, 0.15) is 5.56 Å². The molecule has 3 nitrogen and oxygen atoms in total. The number of benzene rings is 1. The number of hydrogen-bond donors (Lipinski definition) is 2. The topological polar surface area (TPSA) is 55.5 Å². The van der Waals surface area contributed by atoms with Gasteiger partial charge in [0.2, 0.25) is 0 Å². The molecular weight excluding hydrogens is 186 g/mol. The van der Waals surface area contributed by atoms with Gasteiger partial charge < -0.3 is 15.6 Å². The lowest BCUT2D eigenvalue weighted by Gasteiger charge is -2.05. The molecule has 0 atom stereocenters. The van der Waals surface area contributed by atoms with Crippen molar-refractivity contribution >= 4 is 17.2 Å². The van der Waals surface area contributed by atoms with Crippen molar-refractivity contribution in [3.05, 3.63) is 23.8 Å². The molecule has 0 fully saturated rings. The van der Waals surface area contributed by atoms with E-state index >= 15 is 0 Å². The molecule has 1 aromatic rings. The molecule has 0 aliphatic rings. The lowest BCUT2D eigenvalue weighted by Crippen LogP contribution is -2.10. The zero-order chi connectivity index (χ0) is 9.84. The van der Waals surface area contributed by atoms with Crippen molar-refractivity contribution in [1.29, 1.82) is 0 Å². The smallest absolute Gasteiger partial charge is 0.160 e. The highest BCUT2D eigenvalue weighted by molar-refractivity contribution is 7.80. The molecule has 4 heteroatoms. The average molecular weight is 197 g/mol. The number of phenolic OH excluding ortho intramolecular Hbond substituents is 1. The van der Waals surface area contributed by atoms with Gasteiger partial charge in [0.25, 0.3) is 0 Å². The molecule has 1 rings (SSSR count). The minimum Gasteiger partial charge on any atom is -0.504 e. The second kappa shape index (κ2) is 4.09. The molecule has 0 amide bonds. The van der Waals surface area contributed by atoms with Crippen molar-refractivity contribution < 1.29 is 9.84 Å². The second-order valence-corrected chi connectivity index (χ2v) is 3.17. The molecule has 0 aromatic heterocycles. The summed E-state index contributed by atoms with van der Waals surface area (Å²) in [5.74, 6) is 0.558. The van der Waals surface area contributed by atoms with E-state index in [9.17, 15) is 5.11 Å². The first-order valence-electron chi connectivity index (χ1n) is 3.77. The summed E-state index contributed by atoms with van der Waals surface area (Å²) in [6, 6.07) is 5.04. The Labute approximate surface area is 82.1 Å². The molecule has 0 aliphatic carbocycles. The zero-order valence-corrected chi connectivity index (χ0v) is 8.10. The number of phenols is 1. The predicted molar refractivity (Wildman–Crippen MR) is 55.1 cm³/mol. The van der Waals surface area contributed by atoms with Gasteiger partial charge in [0, 0.05) is 6.42 Å². The largest absolute Gasteiger partial charge is 0.504 e. The van der Waals surface area contributed by atoms with Gasteiger partial charge in [0.15, 0.2) is 11.5 Å². The van der Waals surface area contributed by atoms with Crippen LogP contribution in [0.5, 0.6) is 11.5 Å². The minimum absolute atomic E-state index is 0.120. The fourth-order valence-corrected chi connectivity index (χ4v) is 1.20. The number of rotatable bonds is 3. The summed E-state index contributed by atoms with van der Waals surface area (Å²) in [4.78, 5) is 0.424. The number of hydrogen-bond acceptors (Lipinski definition) is 3. The molecule has 0 spiro atoms. The van der Waals surface area contributed by atoms with Crippen molar-refractivity contribution in [3.63, 3.8) is 0 Å². The number of nitrogens with two attached hydrogens (primary N) is 1. The van der Waals surface area contributed by atoms with Gasteiger partial charge in [-0.1, -0.05) is 18.3 Å². The van der Waals surface area contributed by atoms with Crippen LogP contribution in [0.3, 0.4) is 0 Å². The molecule has 0 unspecified atom stereocenters. The van der Waals surface area contributed by atoms with Gasteiger partial charge in [-0.05, 0) is 17.7 Å². The maximum Gasteiger partial charge on any atom is 0.160 e. The van der Waals surface area contributed by atoms with Gasteiger partial charge in [0.05, 0.1) is 12.1 Å². The van der Waals surface area contributed by atoms with E-state index in [1.54, 1.807) is 18.2 Å². The molecule has 70 valence electrons. The summed E-state index contributed by atoms with van der Waals surface area (Å²) in [7, 11) is 1.50. The third-order valence-electron chi connectivity index (χ3n) is 1.62. The summed E-state index contributed by atoms with van der Waals surface area (Å²) >= 11 is 4.76. The number of thiocarbonyl (C=S) groups is 1. The van der Waals surface area contributed by atoms with Crippen LogP contribution in [0.4, 0.5) is 0 Å². The van der Waals surface area contributed by atoms with Gasteiger partial charge in [-0.2, -0.15) is 0 Å². The van der Waals surface area contributed by atoms with E-state index in [0.717, 1.165) is 5.56 Å². The third kappa shape index (κ3) is 2.59. The van der Waals surface area contributed by atoms with Gasteiger partial charge in [0.1, 0.15) is 0 Å². The Morgan fingerprint density at radius 1 is 1.62 bits per heavy atom. The monoisotopic (exact) mass is 197 g/mol. The van der Waals surface area contributed by atoms with Crippen LogP contribution in [0, 0.1) is 0 Å². The summed E-state index contributed by atoms with van der Waals surface area (Å²) in [6.45, 7) is 0. The van der Waals surface area contributed by atoms with Crippen molar-refractivity contribution in [1.82, 2.24) is 0 Å². The van der Waals surface area contributed by atoms with Gasteiger partial charge in [-0.3, -0.25) is 0 Å². The normalized spacial score (nSPS) is 9.62. The number of aromatic hydroxyl groups is 1. The van der Waals surface area contributed by atoms with E-state index < -0.39 is 0 Å². The van der Waals surface area contributed by atoms with E-state index in [-0.39, 0.29) is 5.75 Å². The average Bonchev–Trinajstić information content (AvgIpc) is 2.07. The minimum atomic E-state index is 0.120. The highest BCUT2D eigenvalue weighted by Crippen LogP contribution is 2.26. The Bertz CT molecular complexity index is 325. The summed E-state index contributed by atoms with van der Waals surface area (Å²) in [5, 5.41) is 9.28. The highest BCUT2D eigenvalue weighted by Gasteiger charge is 2.02. The lowest BCUT2D eigenvalue weighted by molar-refractivity contribution is 0.373. The van der Waals surface area contributed by atoms with Crippen LogP contribution in [0.25, 0.3) is 0 Å². The van der Waals surface area contributed by atoms with Gasteiger partial charge in [-0.25, -0.2) is 0 Å². The van der Waals surface area contributed by atoms with Crippen LogP contribution in [-0.2, 0) is 6.42 Å². The first-order chi connectivity index (χ1) is 6.13. The maximum absolute atomic E-state index is 9.28. The first kappa shape index (κ1) is 9.80. The van der Waals surface area contributed by atoms with Crippen LogP contribution < -0.4 is 10.5 Å². The number of methoxy groups -OCH3 is 1. The standard InChI is InChI=1S/C9H11NO2S/c1-12-8-4-6(5-9(10)13)2-3-7(8)11/h2-4,11H,5H2,1H3,(H2,10,13). The SMILES string of the molecule is COc1cc(CC(N)=S)ccc1O. The Balaban J connectivity index is 2.92. The molecule has 0 saturated heterocycles. The van der Waals surface area contributed by atoms with Crippen LogP contribution in [0.15, 0.2) is 18.2 Å². The predicted octanol–water partition coefficient (Wildman–Crippen LogP) is 1.23. The Morgan fingerprint density at radius 3 is 2.85 bits per heavy atom. The van der Waals surface area contributed by atoms with Gasteiger partial charge >= 0.3 is 0 Å². The molecule has 0 radical (unpaired) electrons. The Morgan fingerprint density at radius 2 is 2.31 bits per heavy atom. The summed E-state index contributed by atoms with van der Waals surface area (Å²) in [5.41, 5.74) is 6.31. The summed E-state index contributed by atoms with van der Waals surface area (Å²) in [6.07, 6.45) is 0.520. The van der Waals surface area contributed by atoms with Crippen molar-refractivity contribution in [3.8, 4) is 11.5 Å². The van der Waals surface area contributed by atoms with E-state index in [0.29, 0.717) is 17.2 Å². The van der Waals surface area contributed by atoms with Crippen LogP contribution in [0.2, 0.25) is 0 Å². The van der Waals surface area contributed by atoms with Crippen molar-refractivity contribution in [2.45, 2.75) is 6.42 Å². The molecule has 3 N–H and O–H groups in total. The van der Waals surface area contributed by atoms with E-state index in [1.807, 2.05) is 0 Å². The van der Waals surface area contributed by atoms with Crippen molar-refractivity contribution in [2.75, 3.05) is 7.11 Å². The van der Waals surface area contributed by atoms with E-state index in [1.165, 1.54) is 7.11 Å². The Hall–Kier alpha value is -1.29. The van der Waals surface area contributed by atoms with E-state index in [4.69, 9.17) is 22.7 Å². The fourth-order valence-electron chi connectivity index (χ4n) is 1.03. The van der Waals surface area contributed by atoms with Crippen LogP contribution >= 0.6 is 12.2 Å². The molecule has 0 heterocycles. The molecule has 0 aliphatic heterocycles. The Kier molecular flexibility index (Phi) is 3.08. The highest BCUT2D eigenvalue weighted by atomic mass is 32.1. The molecule has 0 bridgehead atoms. The first-order valence-corrected chi connectivity index (χ1v) is 4.18. The molecule has 1 aromatic carbocycles. The fraction of sp³-hybridized carbons (Fsp3) is 0.222.